The maximum atomic E-state index is 6.58. The van der Waals surface area contributed by atoms with Crippen molar-refractivity contribution >= 4 is 44.6 Å². The van der Waals surface area contributed by atoms with Crippen LogP contribution in [0, 0.1) is 0 Å². The Morgan fingerprint density at radius 2 is 1.42 bits per heavy atom. The SMILES string of the molecule is CC1CC=Cc2oc3c(-c4ccc5c(c4)oc4cccc(-c6nc(C7=CCC(C)(c8ccccc8)C=C7)nc(-c7ccccc7)n6)c45)cccc3c21. The summed E-state index contributed by atoms with van der Waals surface area (Å²) in [6.07, 6.45) is 12.9. The summed E-state index contributed by atoms with van der Waals surface area (Å²) < 4.78 is 13.1. The molecule has 0 bridgehead atoms. The summed E-state index contributed by atoms with van der Waals surface area (Å²) in [7, 11) is 0. The normalized spacial score (nSPS) is 18.3. The lowest BCUT2D eigenvalue weighted by molar-refractivity contribution is 0.587. The lowest BCUT2D eigenvalue weighted by atomic mass is 9.76. The molecule has 5 nitrogen and oxygen atoms in total. The number of para-hydroxylation sites is 1. The highest BCUT2D eigenvalue weighted by Gasteiger charge is 2.27. The molecule has 8 aromatic rings. The molecule has 250 valence electrons. The third-order valence-corrected chi connectivity index (χ3v) is 10.8. The molecule has 5 aromatic carbocycles. The van der Waals surface area contributed by atoms with Crippen molar-refractivity contribution in [1.29, 1.82) is 0 Å². The summed E-state index contributed by atoms with van der Waals surface area (Å²) in [4.78, 5) is 15.3. The largest absolute Gasteiger partial charge is 0.456 e. The van der Waals surface area contributed by atoms with Gasteiger partial charge in [-0.25, -0.2) is 15.0 Å². The van der Waals surface area contributed by atoms with E-state index in [1.807, 2.05) is 42.5 Å². The summed E-state index contributed by atoms with van der Waals surface area (Å²) in [5.41, 5.74) is 9.93. The van der Waals surface area contributed by atoms with Gasteiger partial charge in [0.05, 0.1) is 0 Å². The Kier molecular flexibility index (Phi) is 6.97. The molecule has 2 aliphatic rings. The minimum absolute atomic E-state index is 0.0969. The number of benzene rings is 5. The predicted octanol–water partition coefficient (Wildman–Crippen LogP) is 12.3. The summed E-state index contributed by atoms with van der Waals surface area (Å²) in [6.45, 7) is 4.54. The molecule has 0 saturated carbocycles. The van der Waals surface area contributed by atoms with E-state index in [1.54, 1.807) is 0 Å². The Morgan fingerprint density at radius 1 is 0.654 bits per heavy atom. The third kappa shape index (κ3) is 4.96. The van der Waals surface area contributed by atoms with E-state index in [9.17, 15) is 0 Å². The van der Waals surface area contributed by atoms with Gasteiger partial charge < -0.3 is 8.83 Å². The number of hydrogen-bond acceptors (Lipinski definition) is 5. The van der Waals surface area contributed by atoms with Crippen LogP contribution in [0.15, 0.2) is 148 Å². The van der Waals surface area contributed by atoms with E-state index in [-0.39, 0.29) is 5.41 Å². The summed E-state index contributed by atoms with van der Waals surface area (Å²) in [6, 6.07) is 39.8. The van der Waals surface area contributed by atoms with Crippen LogP contribution in [-0.4, -0.2) is 15.0 Å². The van der Waals surface area contributed by atoms with Gasteiger partial charge in [-0.05, 0) is 54.2 Å². The second-order valence-corrected chi connectivity index (χ2v) is 14.2. The molecule has 10 rings (SSSR count). The minimum atomic E-state index is -0.0969. The number of furan rings is 2. The molecule has 3 aromatic heterocycles. The number of hydrogen-bond donors (Lipinski definition) is 0. The molecule has 0 spiro atoms. The van der Waals surface area contributed by atoms with E-state index in [2.05, 4.69) is 117 Å². The van der Waals surface area contributed by atoms with Crippen molar-refractivity contribution in [2.45, 2.75) is 38.0 Å². The molecule has 0 fully saturated rings. The molecular weight excluding hydrogens is 639 g/mol. The smallest absolute Gasteiger partial charge is 0.164 e. The first kappa shape index (κ1) is 30.5. The summed E-state index contributed by atoms with van der Waals surface area (Å²) in [5.74, 6) is 3.29. The first-order valence-corrected chi connectivity index (χ1v) is 18.0. The molecule has 0 saturated heterocycles. The van der Waals surface area contributed by atoms with Crippen LogP contribution in [0.25, 0.3) is 78.5 Å². The first-order valence-electron chi connectivity index (χ1n) is 18.0. The quantitative estimate of drug-likeness (QED) is 0.182. The van der Waals surface area contributed by atoms with Crippen molar-refractivity contribution in [2.75, 3.05) is 0 Å². The van der Waals surface area contributed by atoms with Crippen LogP contribution >= 0.6 is 0 Å². The molecule has 0 aliphatic heterocycles. The maximum Gasteiger partial charge on any atom is 0.164 e. The van der Waals surface area contributed by atoms with E-state index >= 15 is 0 Å². The van der Waals surface area contributed by atoms with Gasteiger partial charge in [-0.15, -0.1) is 0 Å². The molecule has 5 heteroatoms. The topological polar surface area (TPSA) is 65.0 Å². The van der Waals surface area contributed by atoms with Crippen molar-refractivity contribution in [1.82, 2.24) is 15.0 Å². The van der Waals surface area contributed by atoms with Crippen LogP contribution in [0.2, 0.25) is 0 Å². The van der Waals surface area contributed by atoms with Crippen molar-refractivity contribution in [3.63, 3.8) is 0 Å². The Balaban J connectivity index is 1.09. The lowest BCUT2D eigenvalue weighted by Gasteiger charge is -2.28. The van der Waals surface area contributed by atoms with Gasteiger partial charge in [0.25, 0.3) is 0 Å². The zero-order chi connectivity index (χ0) is 34.8. The Morgan fingerprint density at radius 3 is 2.25 bits per heavy atom. The van der Waals surface area contributed by atoms with Crippen LogP contribution in [0.1, 0.15) is 55.3 Å². The number of rotatable bonds is 5. The van der Waals surface area contributed by atoms with Gasteiger partial charge in [0, 0.05) is 49.4 Å². The van der Waals surface area contributed by atoms with E-state index in [0.717, 1.165) is 74.0 Å². The van der Waals surface area contributed by atoms with E-state index in [4.69, 9.17) is 23.8 Å². The molecule has 2 unspecified atom stereocenters. The van der Waals surface area contributed by atoms with Crippen molar-refractivity contribution in [3.8, 4) is 33.9 Å². The average Bonchev–Trinajstić information content (AvgIpc) is 3.78. The van der Waals surface area contributed by atoms with Crippen molar-refractivity contribution in [2.24, 2.45) is 0 Å². The molecule has 52 heavy (non-hydrogen) atoms. The van der Waals surface area contributed by atoms with Gasteiger partial charge in [0.15, 0.2) is 17.5 Å². The van der Waals surface area contributed by atoms with Crippen LogP contribution < -0.4 is 0 Å². The van der Waals surface area contributed by atoms with Crippen LogP contribution in [0.3, 0.4) is 0 Å². The number of allylic oxidation sites excluding steroid dienone is 5. The van der Waals surface area contributed by atoms with Gasteiger partial charge in [0.2, 0.25) is 0 Å². The Bertz CT molecular complexity index is 2770. The first-order chi connectivity index (χ1) is 25.5. The highest BCUT2D eigenvalue weighted by atomic mass is 16.3. The van der Waals surface area contributed by atoms with Gasteiger partial charge in [-0.1, -0.05) is 135 Å². The highest BCUT2D eigenvalue weighted by molar-refractivity contribution is 6.13. The lowest BCUT2D eigenvalue weighted by Crippen LogP contribution is -2.20. The molecule has 3 heterocycles. The minimum Gasteiger partial charge on any atom is -0.456 e. The number of fused-ring (bicyclic) bond motifs is 6. The van der Waals surface area contributed by atoms with E-state index < -0.39 is 0 Å². The maximum absolute atomic E-state index is 6.58. The van der Waals surface area contributed by atoms with Crippen molar-refractivity contribution in [3.05, 3.63) is 162 Å². The average molecular weight is 674 g/mol. The standard InChI is InChI=1S/C47H35N3O2/c1-29-12-9-20-38-41(29)36-18-10-17-34(43(36)52-38)32-22-23-35-40(28-32)51-39-21-11-19-37(42(35)39)46-49-44(30-13-5-3-6-14-30)48-45(50-46)31-24-26-47(2,27-25-31)33-15-7-4-8-16-33/h3-11,13-26,28-29H,12,27H2,1-2H3. The van der Waals surface area contributed by atoms with Gasteiger partial charge in [-0.2, -0.15) is 0 Å². The van der Waals surface area contributed by atoms with Crippen LogP contribution in [0.5, 0.6) is 0 Å². The second-order valence-electron chi connectivity index (χ2n) is 14.2. The van der Waals surface area contributed by atoms with Gasteiger partial charge in [0.1, 0.15) is 22.5 Å². The highest BCUT2D eigenvalue weighted by Crippen LogP contribution is 2.43. The zero-order valence-corrected chi connectivity index (χ0v) is 29.0. The molecule has 0 amide bonds. The molecule has 0 radical (unpaired) electrons. The summed E-state index contributed by atoms with van der Waals surface area (Å²) >= 11 is 0. The third-order valence-electron chi connectivity index (χ3n) is 10.8. The zero-order valence-electron chi connectivity index (χ0n) is 29.0. The fourth-order valence-corrected chi connectivity index (χ4v) is 7.97. The molecule has 0 N–H and O–H groups in total. The molecule has 2 aliphatic carbocycles. The fraction of sp³-hybridized carbons (Fsp3) is 0.128. The number of nitrogens with zero attached hydrogens (tertiary/aromatic N) is 3. The molecular formula is C47H35N3O2. The second kappa shape index (κ2) is 11.9. The molecule has 2 atom stereocenters. The summed E-state index contributed by atoms with van der Waals surface area (Å²) in [5, 5.41) is 3.18. The predicted molar refractivity (Wildman–Crippen MR) is 211 cm³/mol. The van der Waals surface area contributed by atoms with Crippen LogP contribution in [0.4, 0.5) is 0 Å². The van der Waals surface area contributed by atoms with Crippen molar-refractivity contribution < 1.29 is 8.83 Å². The van der Waals surface area contributed by atoms with Gasteiger partial charge >= 0.3 is 0 Å². The Labute approximate surface area is 301 Å². The number of aromatic nitrogens is 3. The monoisotopic (exact) mass is 673 g/mol. The van der Waals surface area contributed by atoms with Crippen LogP contribution in [-0.2, 0) is 5.41 Å². The Hall–Kier alpha value is -6.33. The van der Waals surface area contributed by atoms with Gasteiger partial charge in [-0.3, -0.25) is 0 Å². The van der Waals surface area contributed by atoms with E-state index in [1.165, 1.54) is 16.5 Å². The van der Waals surface area contributed by atoms with E-state index in [0.29, 0.717) is 23.4 Å². The fourth-order valence-electron chi connectivity index (χ4n) is 7.97.